The highest BCUT2D eigenvalue weighted by atomic mass is 79.9. The van der Waals surface area contributed by atoms with Crippen LogP contribution in [0.5, 0.6) is 0 Å². The van der Waals surface area contributed by atoms with Gasteiger partial charge in [0, 0.05) is 23.1 Å². The molecule has 0 atom stereocenters. The van der Waals surface area contributed by atoms with Crippen LogP contribution in [0.3, 0.4) is 0 Å². The Bertz CT molecular complexity index is 1000. The summed E-state index contributed by atoms with van der Waals surface area (Å²) >= 11 is 3.07. The monoisotopic (exact) mass is 469 g/mol. The molecule has 0 bridgehead atoms. The molecule has 9 heteroatoms. The van der Waals surface area contributed by atoms with E-state index in [2.05, 4.69) is 15.9 Å². The molecule has 0 unspecified atom stereocenters. The second kappa shape index (κ2) is 8.50. The van der Waals surface area contributed by atoms with Crippen LogP contribution in [-0.4, -0.2) is 44.2 Å². The van der Waals surface area contributed by atoms with Gasteiger partial charge < -0.3 is 4.74 Å². The van der Waals surface area contributed by atoms with Crippen LogP contribution in [0.2, 0.25) is 0 Å². The number of halogens is 2. The van der Waals surface area contributed by atoms with E-state index in [1.54, 1.807) is 0 Å². The van der Waals surface area contributed by atoms with Crippen molar-refractivity contribution in [3.05, 3.63) is 63.9 Å². The first kappa shape index (κ1) is 20.6. The third-order valence-corrected chi connectivity index (χ3v) is 6.93. The summed E-state index contributed by atoms with van der Waals surface area (Å²) in [5, 5.41) is 0. The molecule has 0 aliphatic carbocycles. The van der Waals surface area contributed by atoms with Gasteiger partial charge in [0.15, 0.2) is 12.4 Å². The van der Waals surface area contributed by atoms with Gasteiger partial charge in [0.25, 0.3) is 0 Å². The Kier molecular flexibility index (Phi) is 6.26. The number of carbonyl (C=O) groups excluding carboxylic acids is 2. The van der Waals surface area contributed by atoms with Gasteiger partial charge in [-0.2, -0.15) is 4.31 Å². The van der Waals surface area contributed by atoms with Gasteiger partial charge >= 0.3 is 5.97 Å². The number of hydrogen-bond donors (Lipinski definition) is 0. The van der Waals surface area contributed by atoms with Crippen LogP contribution < -0.4 is 0 Å². The quantitative estimate of drug-likeness (QED) is 0.478. The lowest BCUT2D eigenvalue weighted by Crippen LogP contribution is -2.27. The number of carbonyl (C=O) groups is 2. The lowest BCUT2D eigenvalue weighted by molar-refractivity contribution is 0.0473. The van der Waals surface area contributed by atoms with Gasteiger partial charge in [-0.3, -0.25) is 4.79 Å². The number of rotatable bonds is 6. The van der Waals surface area contributed by atoms with Crippen LogP contribution >= 0.6 is 15.9 Å². The highest BCUT2D eigenvalue weighted by Gasteiger charge is 2.27. The third-order valence-electron chi connectivity index (χ3n) is 4.36. The molecule has 0 N–H and O–H groups in total. The number of sulfonamides is 1. The van der Waals surface area contributed by atoms with E-state index in [0.717, 1.165) is 25.0 Å². The van der Waals surface area contributed by atoms with E-state index in [-0.39, 0.29) is 20.5 Å². The average Bonchev–Trinajstić information content (AvgIpc) is 3.21. The van der Waals surface area contributed by atoms with Crippen molar-refractivity contribution in [2.24, 2.45) is 0 Å². The third kappa shape index (κ3) is 4.48. The van der Waals surface area contributed by atoms with Crippen LogP contribution in [0.15, 0.2) is 51.8 Å². The normalized spacial score (nSPS) is 14.8. The molecule has 28 heavy (non-hydrogen) atoms. The standard InChI is InChI=1S/C19H17BrFNO5S/c20-17-11-14(21)5-8-16(17)19(24)27-12-18(23)13-3-6-15(7-4-13)28(25,26)22-9-1-2-10-22/h3-8,11H,1-2,9-10,12H2. The summed E-state index contributed by atoms with van der Waals surface area (Å²) in [6, 6.07) is 9.03. The molecule has 1 fully saturated rings. The van der Waals surface area contributed by atoms with Gasteiger partial charge in [-0.05, 0) is 71.2 Å². The average molecular weight is 470 g/mol. The maximum Gasteiger partial charge on any atom is 0.339 e. The van der Waals surface area contributed by atoms with E-state index >= 15 is 0 Å². The molecule has 1 heterocycles. The zero-order valence-electron chi connectivity index (χ0n) is 14.7. The van der Waals surface area contributed by atoms with E-state index in [1.807, 2.05) is 0 Å². The SMILES string of the molecule is O=C(COC(=O)c1ccc(F)cc1Br)c1ccc(S(=O)(=O)N2CCCC2)cc1. The summed E-state index contributed by atoms with van der Waals surface area (Å²) in [5.74, 6) is -1.76. The van der Waals surface area contributed by atoms with Crippen molar-refractivity contribution >= 4 is 37.7 Å². The van der Waals surface area contributed by atoms with Crippen LogP contribution in [0.4, 0.5) is 4.39 Å². The van der Waals surface area contributed by atoms with Crippen LogP contribution in [0, 0.1) is 5.82 Å². The van der Waals surface area contributed by atoms with E-state index in [4.69, 9.17) is 4.74 Å². The molecule has 3 rings (SSSR count). The molecule has 0 spiro atoms. The van der Waals surface area contributed by atoms with E-state index in [9.17, 15) is 22.4 Å². The maximum absolute atomic E-state index is 13.1. The molecule has 1 aliphatic rings. The van der Waals surface area contributed by atoms with Gasteiger partial charge in [0.05, 0.1) is 10.5 Å². The Morgan fingerprint density at radius 3 is 2.32 bits per heavy atom. The number of Topliss-reactive ketones (excluding diaryl/α,β-unsaturated/α-hetero) is 1. The molecule has 2 aromatic carbocycles. The van der Waals surface area contributed by atoms with Crippen molar-refractivity contribution in [1.29, 1.82) is 0 Å². The molecule has 1 saturated heterocycles. The Balaban J connectivity index is 1.64. The van der Waals surface area contributed by atoms with Gasteiger partial charge in [-0.15, -0.1) is 0 Å². The summed E-state index contributed by atoms with van der Waals surface area (Å²) in [4.78, 5) is 24.4. The predicted octanol–water partition coefficient (Wildman–Crippen LogP) is 3.41. The Morgan fingerprint density at radius 1 is 1.07 bits per heavy atom. The first-order chi connectivity index (χ1) is 13.3. The fourth-order valence-electron chi connectivity index (χ4n) is 2.84. The minimum Gasteiger partial charge on any atom is -0.454 e. The van der Waals surface area contributed by atoms with Crippen molar-refractivity contribution in [1.82, 2.24) is 4.31 Å². The highest BCUT2D eigenvalue weighted by molar-refractivity contribution is 9.10. The van der Waals surface area contributed by atoms with E-state index in [0.29, 0.717) is 13.1 Å². The number of benzene rings is 2. The maximum atomic E-state index is 13.1. The number of nitrogens with zero attached hydrogens (tertiary/aromatic N) is 1. The van der Waals surface area contributed by atoms with Gasteiger partial charge in [-0.1, -0.05) is 0 Å². The molecular formula is C19H17BrFNO5S. The van der Waals surface area contributed by atoms with Crippen molar-refractivity contribution < 1.29 is 27.1 Å². The fourth-order valence-corrected chi connectivity index (χ4v) is 4.87. The van der Waals surface area contributed by atoms with Crippen LogP contribution in [-0.2, 0) is 14.8 Å². The molecule has 0 amide bonds. The lowest BCUT2D eigenvalue weighted by atomic mass is 10.1. The van der Waals surface area contributed by atoms with Crippen molar-refractivity contribution in [2.45, 2.75) is 17.7 Å². The zero-order chi connectivity index (χ0) is 20.3. The Labute approximate surface area is 170 Å². The number of ether oxygens (including phenoxy) is 1. The van der Waals surface area contributed by atoms with Crippen LogP contribution in [0.1, 0.15) is 33.6 Å². The van der Waals surface area contributed by atoms with E-state index < -0.39 is 34.2 Å². The molecule has 148 valence electrons. The summed E-state index contributed by atoms with van der Waals surface area (Å²) in [5.41, 5.74) is 0.326. The molecule has 0 radical (unpaired) electrons. The summed E-state index contributed by atoms with van der Waals surface area (Å²) in [6.07, 6.45) is 1.68. The molecule has 0 aromatic heterocycles. The number of hydrogen-bond acceptors (Lipinski definition) is 5. The molecule has 0 saturated carbocycles. The van der Waals surface area contributed by atoms with Gasteiger partial charge in [0.1, 0.15) is 5.82 Å². The summed E-state index contributed by atoms with van der Waals surface area (Å²) < 4.78 is 44.7. The first-order valence-corrected chi connectivity index (χ1v) is 10.8. The topological polar surface area (TPSA) is 80.8 Å². The predicted molar refractivity (Wildman–Crippen MR) is 103 cm³/mol. The number of ketones is 1. The van der Waals surface area contributed by atoms with Crippen molar-refractivity contribution in [3.8, 4) is 0 Å². The first-order valence-electron chi connectivity index (χ1n) is 8.54. The van der Waals surface area contributed by atoms with Crippen molar-refractivity contribution in [3.63, 3.8) is 0 Å². The fraction of sp³-hybridized carbons (Fsp3) is 0.263. The van der Waals surface area contributed by atoms with Gasteiger partial charge in [-0.25, -0.2) is 17.6 Å². The van der Waals surface area contributed by atoms with Crippen LogP contribution in [0.25, 0.3) is 0 Å². The second-order valence-corrected chi connectivity index (χ2v) is 9.05. The molecule has 6 nitrogen and oxygen atoms in total. The van der Waals surface area contributed by atoms with Crippen molar-refractivity contribution in [2.75, 3.05) is 19.7 Å². The summed E-state index contributed by atoms with van der Waals surface area (Å²) in [6.45, 7) is 0.483. The smallest absolute Gasteiger partial charge is 0.339 e. The molecular weight excluding hydrogens is 453 g/mol. The minimum absolute atomic E-state index is 0.0984. The summed E-state index contributed by atoms with van der Waals surface area (Å²) in [7, 11) is -3.55. The molecule has 1 aliphatic heterocycles. The second-order valence-electron chi connectivity index (χ2n) is 6.26. The lowest BCUT2D eigenvalue weighted by Gasteiger charge is -2.15. The molecule has 2 aromatic rings. The van der Waals surface area contributed by atoms with E-state index in [1.165, 1.54) is 34.6 Å². The number of esters is 1. The minimum atomic E-state index is -3.55. The Morgan fingerprint density at radius 2 is 1.71 bits per heavy atom. The zero-order valence-corrected chi connectivity index (χ0v) is 17.1. The highest BCUT2D eigenvalue weighted by Crippen LogP contribution is 2.22. The largest absolute Gasteiger partial charge is 0.454 e. The van der Waals surface area contributed by atoms with Gasteiger partial charge in [0.2, 0.25) is 10.0 Å². The Hall–Kier alpha value is -2.10.